The maximum Gasteiger partial charge on any atom is 0.237 e. The van der Waals surface area contributed by atoms with E-state index in [1.54, 1.807) is 11.1 Å². The average molecular weight is 366 g/mol. The summed E-state index contributed by atoms with van der Waals surface area (Å²) in [6, 6.07) is 7.67. The molecule has 2 aromatic heterocycles. The molecule has 0 spiro atoms. The number of carbonyl (C=O) groups is 1. The molecule has 1 unspecified atom stereocenters. The first-order chi connectivity index (χ1) is 12.9. The van der Waals surface area contributed by atoms with Crippen molar-refractivity contribution in [3.05, 3.63) is 35.8 Å². The highest BCUT2D eigenvalue weighted by molar-refractivity contribution is 5.79. The van der Waals surface area contributed by atoms with Crippen LogP contribution in [0.5, 0.6) is 0 Å². The van der Waals surface area contributed by atoms with Crippen LogP contribution in [0.25, 0.3) is 11.5 Å². The maximum absolute atomic E-state index is 12.5. The molecule has 142 valence electrons. The number of hydrogen-bond donors (Lipinski definition) is 2. The Morgan fingerprint density at radius 3 is 3.00 bits per heavy atom. The van der Waals surface area contributed by atoms with Crippen molar-refractivity contribution in [3.63, 3.8) is 0 Å². The maximum atomic E-state index is 12.5. The third-order valence-electron chi connectivity index (χ3n) is 4.94. The van der Waals surface area contributed by atoms with Gasteiger partial charge in [-0.15, -0.1) is 0 Å². The van der Waals surface area contributed by atoms with Gasteiger partial charge < -0.3 is 15.2 Å². The van der Waals surface area contributed by atoms with Gasteiger partial charge in [-0.2, -0.15) is 5.26 Å². The van der Waals surface area contributed by atoms with Gasteiger partial charge in [-0.1, -0.05) is 6.07 Å². The monoisotopic (exact) mass is 366 g/mol. The number of rotatable bonds is 6. The van der Waals surface area contributed by atoms with Gasteiger partial charge in [0.15, 0.2) is 5.82 Å². The van der Waals surface area contributed by atoms with Crippen molar-refractivity contribution in [1.82, 2.24) is 25.2 Å². The van der Waals surface area contributed by atoms with E-state index < -0.39 is 0 Å². The first-order valence-corrected chi connectivity index (χ1v) is 9.30. The normalized spacial score (nSPS) is 17.1. The largest absolute Gasteiger partial charge is 0.341 e. The zero-order chi connectivity index (χ0) is 19.4. The molecule has 1 amide bonds. The van der Waals surface area contributed by atoms with Crippen LogP contribution in [0.4, 0.5) is 0 Å². The summed E-state index contributed by atoms with van der Waals surface area (Å²) in [4.78, 5) is 26.5. The molecule has 1 aliphatic rings. The molecule has 3 heterocycles. The average Bonchev–Trinajstić information content (AvgIpc) is 3.27. The second-order valence-corrected chi connectivity index (χ2v) is 7.66. The van der Waals surface area contributed by atoms with Crippen LogP contribution >= 0.6 is 0 Å². The second kappa shape index (κ2) is 7.89. The van der Waals surface area contributed by atoms with Crippen LogP contribution in [0.2, 0.25) is 0 Å². The lowest BCUT2D eigenvalue weighted by atomic mass is 9.97. The quantitative estimate of drug-likeness (QED) is 0.817. The van der Waals surface area contributed by atoms with Gasteiger partial charge in [0, 0.05) is 30.4 Å². The molecule has 1 atom stereocenters. The van der Waals surface area contributed by atoms with Gasteiger partial charge in [0.1, 0.15) is 11.7 Å². The standard InChI is InChI=1S/C20H26N6O/c1-14-17(25-19(24-14)16-8-4-5-9-22-16)11-20(2,3)23-13-18(27)26-10-6-7-15(26)12-21/h4-5,8-9,15,23H,6-7,10-11,13H2,1-3H3,(H,24,25). The molecule has 27 heavy (non-hydrogen) atoms. The molecule has 7 heteroatoms. The van der Waals surface area contributed by atoms with Gasteiger partial charge in [0.2, 0.25) is 5.91 Å². The van der Waals surface area contributed by atoms with Crippen molar-refractivity contribution in [1.29, 1.82) is 5.26 Å². The summed E-state index contributed by atoms with van der Waals surface area (Å²) < 4.78 is 0. The van der Waals surface area contributed by atoms with Crippen LogP contribution < -0.4 is 5.32 Å². The molecular formula is C20H26N6O. The van der Waals surface area contributed by atoms with Gasteiger partial charge in [-0.05, 0) is 45.7 Å². The molecule has 3 rings (SSSR count). The van der Waals surface area contributed by atoms with Gasteiger partial charge in [-0.3, -0.25) is 9.78 Å². The molecule has 0 bridgehead atoms. The molecule has 2 N–H and O–H groups in total. The van der Waals surface area contributed by atoms with Gasteiger partial charge >= 0.3 is 0 Å². The summed E-state index contributed by atoms with van der Waals surface area (Å²) in [5, 5.41) is 12.5. The number of nitrogens with one attached hydrogen (secondary N) is 2. The number of H-pyrrole nitrogens is 1. The zero-order valence-corrected chi connectivity index (χ0v) is 16.1. The number of nitriles is 1. The molecule has 1 aliphatic heterocycles. The highest BCUT2D eigenvalue weighted by Gasteiger charge is 2.30. The highest BCUT2D eigenvalue weighted by Crippen LogP contribution is 2.20. The Morgan fingerprint density at radius 1 is 1.48 bits per heavy atom. The van der Waals surface area contributed by atoms with Gasteiger partial charge in [0.25, 0.3) is 0 Å². The van der Waals surface area contributed by atoms with Crippen molar-refractivity contribution in [2.75, 3.05) is 13.1 Å². The van der Waals surface area contributed by atoms with E-state index in [-0.39, 0.29) is 24.0 Å². The predicted molar refractivity (Wildman–Crippen MR) is 103 cm³/mol. The predicted octanol–water partition coefficient (Wildman–Crippen LogP) is 2.21. The summed E-state index contributed by atoms with van der Waals surface area (Å²) in [7, 11) is 0. The highest BCUT2D eigenvalue weighted by atomic mass is 16.2. The zero-order valence-electron chi connectivity index (χ0n) is 16.1. The number of carbonyl (C=O) groups excluding carboxylic acids is 1. The number of aryl methyl sites for hydroxylation is 1. The molecule has 0 aromatic carbocycles. The van der Waals surface area contributed by atoms with E-state index in [4.69, 9.17) is 10.2 Å². The van der Waals surface area contributed by atoms with Crippen molar-refractivity contribution >= 4 is 5.91 Å². The number of pyridine rings is 1. The van der Waals surface area contributed by atoms with Crippen LogP contribution in [0.3, 0.4) is 0 Å². The van der Waals surface area contributed by atoms with Gasteiger partial charge in [-0.25, -0.2) is 4.98 Å². The molecule has 2 aromatic rings. The summed E-state index contributed by atoms with van der Waals surface area (Å²) in [6.45, 7) is 7.01. The minimum Gasteiger partial charge on any atom is -0.341 e. The molecule has 0 saturated carbocycles. The second-order valence-electron chi connectivity index (χ2n) is 7.66. The molecular weight excluding hydrogens is 340 g/mol. The van der Waals surface area contributed by atoms with Crippen LogP contribution in [0.1, 0.15) is 38.1 Å². The number of imidazole rings is 1. The van der Waals surface area contributed by atoms with Crippen molar-refractivity contribution in [3.8, 4) is 17.6 Å². The summed E-state index contributed by atoms with van der Waals surface area (Å²) in [5.41, 5.74) is 2.46. The Labute approximate surface area is 159 Å². The van der Waals surface area contributed by atoms with Crippen LogP contribution in [-0.2, 0) is 11.2 Å². The fraction of sp³-hybridized carbons (Fsp3) is 0.500. The van der Waals surface area contributed by atoms with E-state index in [1.165, 1.54) is 0 Å². The topological polar surface area (TPSA) is 97.7 Å². The first kappa shape index (κ1) is 19.1. The lowest BCUT2D eigenvalue weighted by Gasteiger charge is -2.28. The molecule has 1 fully saturated rings. The Balaban J connectivity index is 1.62. The fourth-order valence-electron chi connectivity index (χ4n) is 3.39. The summed E-state index contributed by atoms with van der Waals surface area (Å²) >= 11 is 0. The lowest BCUT2D eigenvalue weighted by Crippen LogP contribution is -2.48. The number of hydrogen-bond acceptors (Lipinski definition) is 5. The van der Waals surface area contributed by atoms with Crippen LogP contribution in [-0.4, -0.2) is 50.4 Å². The van der Waals surface area contributed by atoms with E-state index in [1.807, 2.05) is 25.1 Å². The summed E-state index contributed by atoms with van der Waals surface area (Å²) in [6.07, 6.45) is 4.10. The molecule has 0 aliphatic carbocycles. The minimum atomic E-state index is -0.307. The SMILES string of the molecule is Cc1[nH]c(-c2ccccn2)nc1CC(C)(C)NCC(=O)N1CCCC1C#N. The van der Waals surface area contributed by atoms with E-state index >= 15 is 0 Å². The van der Waals surface area contributed by atoms with Crippen LogP contribution in [0.15, 0.2) is 24.4 Å². The Kier molecular flexibility index (Phi) is 5.57. The van der Waals surface area contributed by atoms with Crippen molar-refractivity contribution < 1.29 is 4.79 Å². The third-order valence-corrected chi connectivity index (χ3v) is 4.94. The molecule has 0 radical (unpaired) electrons. The Morgan fingerprint density at radius 2 is 2.30 bits per heavy atom. The third kappa shape index (κ3) is 4.52. The Bertz CT molecular complexity index is 836. The fourth-order valence-corrected chi connectivity index (χ4v) is 3.39. The summed E-state index contributed by atoms with van der Waals surface area (Å²) in [5.74, 6) is 0.740. The van der Waals surface area contributed by atoms with Crippen molar-refractivity contribution in [2.24, 2.45) is 0 Å². The minimum absolute atomic E-state index is 0.0138. The van der Waals surface area contributed by atoms with E-state index in [0.29, 0.717) is 13.0 Å². The number of likely N-dealkylation sites (tertiary alicyclic amines) is 1. The lowest BCUT2D eigenvalue weighted by molar-refractivity contribution is -0.130. The first-order valence-electron chi connectivity index (χ1n) is 9.30. The van der Waals surface area contributed by atoms with E-state index in [0.717, 1.165) is 35.7 Å². The number of aromatic amines is 1. The molecule has 7 nitrogen and oxygen atoms in total. The Hall–Kier alpha value is -2.72. The number of nitrogens with zero attached hydrogens (tertiary/aromatic N) is 4. The molecule has 1 saturated heterocycles. The number of amides is 1. The van der Waals surface area contributed by atoms with Crippen molar-refractivity contribution in [2.45, 2.75) is 51.6 Å². The van der Waals surface area contributed by atoms with Crippen LogP contribution in [0, 0.1) is 18.3 Å². The smallest absolute Gasteiger partial charge is 0.237 e. The van der Waals surface area contributed by atoms with E-state index in [2.05, 4.69) is 35.2 Å². The van der Waals surface area contributed by atoms with Gasteiger partial charge in [0.05, 0.1) is 18.3 Å². The van der Waals surface area contributed by atoms with E-state index in [9.17, 15) is 4.79 Å². The number of aromatic nitrogens is 3.